The van der Waals surface area contributed by atoms with Gasteiger partial charge in [0.1, 0.15) is 11.5 Å². The fourth-order valence-electron chi connectivity index (χ4n) is 2.22. The highest BCUT2D eigenvalue weighted by Crippen LogP contribution is 2.20. The van der Waals surface area contributed by atoms with Crippen LogP contribution in [0.4, 0.5) is 20.6 Å². The van der Waals surface area contributed by atoms with Crippen LogP contribution in [0.5, 0.6) is 0 Å². The van der Waals surface area contributed by atoms with Crippen molar-refractivity contribution in [2.45, 2.75) is 0 Å². The lowest BCUT2D eigenvalue weighted by Crippen LogP contribution is -2.19. The molecule has 0 unspecified atom stereocenters. The van der Waals surface area contributed by atoms with Crippen LogP contribution in [0.2, 0.25) is 0 Å². The van der Waals surface area contributed by atoms with Gasteiger partial charge in [-0.15, -0.1) is 0 Å². The van der Waals surface area contributed by atoms with Gasteiger partial charge in [-0.05, 0) is 42.5 Å². The third-order valence-electron chi connectivity index (χ3n) is 3.27. The van der Waals surface area contributed by atoms with Crippen LogP contribution in [0.1, 0.15) is 10.5 Å². The first-order valence-electron chi connectivity index (χ1n) is 6.78. The molecule has 5 N–H and O–H groups in total. The minimum atomic E-state index is -0.665. The Balaban J connectivity index is 1.77. The normalized spacial score (nSPS) is 10.5. The summed E-state index contributed by atoms with van der Waals surface area (Å²) in [6.45, 7) is 0. The van der Waals surface area contributed by atoms with E-state index in [1.807, 2.05) is 0 Å². The van der Waals surface area contributed by atoms with Crippen LogP contribution in [0, 0.1) is 5.82 Å². The molecule has 3 aromatic rings. The lowest BCUT2D eigenvalue weighted by Gasteiger charge is -2.05. The molecule has 116 valence electrons. The molecule has 0 bridgehead atoms. The van der Waals surface area contributed by atoms with E-state index in [0.717, 1.165) is 0 Å². The summed E-state index contributed by atoms with van der Waals surface area (Å²) in [5, 5.41) is 5.46. The standard InChI is InChI=1S/C16H13FN4O2/c17-12-2-1-3-13-11(12)8-14(21-13)15(22)19-9-4-6-10(7-5-9)20-16(18)23/h1-8,21H,(H,19,22)(H3,18,20,23). The van der Waals surface area contributed by atoms with Crippen molar-refractivity contribution in [1.29, 1.82) is 0 Å². The van der Waals surface area contributed by atoms with Crippen molar-refractivity contribution in [3.63, 3.8) is 0 Å². The fourth-order valence-corrected chi connectivity index (χ4v) is 2.22. The van der Waals surface area contributed by atoms with E-state index in [9.17, 15) is 14.0 Å². The molecule has 6 nitrogen and oxygen atoms in total. The number of aromatic nitrogens is 1. The Hall–Kier alpha value is -3.35. The van der Waals surface area contributed by atoms with E-state index in [1.165, 1.54) is 12.1 Å². The molecule has 1 aromatic heterocycles. The summed E-state index contributed by atoms with van der Waals surface area (Å²) in [5.74, 6) is -0.782. The molecular weight excluding hydrogens is 299 g/mol. The van der Waals surface area contributed by atoms with Gasteiger partial charge in [0.05, 0.1) is 0 Å². The molecular formula is C16H13FN4O2. The Morgan fingerprint density at radius 3 is 2.26 bits per heavy atom. The maximum atomic E-state index is 13.6. The van der Waals surface area contributed by atoms with Gasteiger partial charge in [-0.25, -0.2) is 9.18 Å². The maximum absolute atomic E-state index is 13.6. The third kappa shape index (κ3) is 3.13. The van der Waals surface area contributed by atoms with E-state index in [2.05, 4.69) is 15.6 Å². The minimum Gasteiger partial charge on any atom is -0.351 e. The van der Waals surface area contributed by atoms with Gasteiger partial charge in [0.25, 0.3) is 5.91 Å². The summed E-state index contributed by atoms with van der Waals surface area (Å²) in [7, 11) is 0. The van der Waals surface area contributed by atoms with Crippen LogP contribution in [-0.4, -0.2) is 16.9 Å². The molecule has 0 saturated carbocycles. The molecule has 0 atom stereocenters. The molecule has 3 rings (SSSR count). The second-order valence-corrected chi connectivity index (χ2v) is 4.90. The van der Waals surface area contributed by atoms with E-state index < -0.39 is 11.9 Å². The summed E-state index contributed by atoms with van der Waals surface area (Å²) in [6, 6.07) is 11.8. The summed E-state index contributed by atoms with van der Waals surface area (Å²) in [6.07, 6.45) is 0. The average molecular weight is 312 g/mol. The lowest BCUT2D eigenvalue weighted by atomic mass is 10.2. The number of primary amides is 1. The Bertz CT molecular complexity index is 887. The minimum absolute atomic E-state index is 0.254. The van der Waals surface area contributed by atoms with Gasteiger partial charge < -0.3 is 21.4 Å². The quantitative estimate of drug-likeness (QED) is 0.597. The highest BCUT2D eigenvalue weighted by Gasteiger charge is 2.12. The largest absolute Gasteiger partial charge is 0.351 e. The van der Waals surface area contributed by atoms with E-state index >= 15 is 0 Å². The van der Waals surface area contributed by atoms with Gasteiger partial charge in [0, 0.05) is 22.3 Å². The zero-order chi connectivity index (χ0) is 16.4. The van der Waals surface area contributed by atoms with E-state index in [4.69, 9.17) is 5.73 Å². The van der Waals surface area contributed by atoms with Crippen LogP contribution in [0.25, 0.3) is 10.9 Å². The topological polar surface area (TPSA) is 100 Å². The monoisotopic (exact) mass is 312 g/mol. The number of nitrogens with one attached hydrogen (secondary N) is 3. The van der Waals surface area contributed by atoms with Crippen molar-refractivity contribution in [2.24, 2.45) is 5.73 Å². The zero-order valence-corrected chi connectivity index (χ0v) is 11.9. The number of H-pyrrole nitrogens is 1. The Morgan fingerprint density at radius 2 is 1.65 bits per heavy atom. The first-order chi connectivity index (χ1) is 11.0. The van der Waals surface area contributed by atoms with Crippen LogP contribution in [-0.2, 0) is 0 Å². The Labute approximate surface area is 130 Å². The van der Waals surface area contributed by atoms with Crippen molar-refractivity contribution < 1.29 is 14.0 Å². The molecule has 0 saturated heterocycles. The molecule has 0 radical (unpaired) electrons. The fraction of sp³-hybridized carbons (Fsp3) is 0. The van der Waals surface area contributed by atoms with E-state index in [-0.39, 0.29) is 11.5 Å². The van der Waals surface area contributed by atoms with Gasteiger partial charge in [-0.1, -0.05) is 6.07 Å². The lowest BCUT2D eigenvalue weighted by molar-refractivity contribution is 0.102. The van der Waals surface area contributed by atoms with Crippen molar-refractivity contribution in [2.75, 3.05) is 10.6 Å². The molecule has 23 heavy (non-hydrogen) atoms. The smallest absolute Gasteiger partial charge is 0.316 e. The number of carbonyl (C=O) groups is 2. The third-order valence-corrected chi connectivity index (χ3v) is 3.27. The SMILES string of the molecule is NC(=O)Nc1ccc(NC(=O)c2cc3c(F)cccc3[nH]2)cc1. The highest BCUT2D eigenvalue weighted by atomic mass is 19.1. The molecule has 0 aliphatic carbocycles. The van der Waals surface area contributed by atoms with Crippen LogP contribution >= 0.6 is 0 Å². The summed E-state index contributed by atoms with van der Waals surface area (Å²) < 4.78 is 13.6. The number of nitrogens with two attached hydrogens (primary N) is 1. The molecule has 3 amide bonds. The number of benzene rings is 2. The number of anilines is 2. The van der Waals surface area contributed by atoms with E-state index in [1.54, 1.807) is 36.4 Å². The second kappa shape index (κ2) is 5.80. The maximum Gasteiger partial charge on any atom is 0.316 e. The first-order valence-corrected chi connectivity index (χ1v) is 6.78. The number of amides is 3. The number of rotatable bonds is 3. The number of fused-ring (bicyclic) bond motifs is 1. The van der Waals surface area contributed by atoms with E-state index in [0.29, 0.717) is 22.3 Å². The van der Waals surface area contributed by atoms with Gasteiger partial charge >= 0.3 is 6.03 Å². The Morgan fingerprint density at radius 1 is 1.00 bits per heavy atom. The molecule has 0 aliphatic rings. The highest BCUT2D eigenvalue weighted by molar-refractivity contribution is 6.06. The number of hydrogen-bond donors (Lipinski definition) is 4. The first kappa shape index (κ1) is 14.6. The van der Waals surface area contributed by atoms with Crippen LogP contribution in [0.3, 0.4) is 0 Å². The number of aromatic amines is 1. The van der Waals surface area contributed by atoms with Crippen LogP contribution in [0.15, 0.2) is 48.5 Å². The number of hydrogen-bond acceptors (Lipinski definition) is 2. The zero-order valence-electron chi connectivity index (χ0n) is 11.9. The average Bonchev–Trinajstić information content (AvgIpc) is 2.94. The molecule has 0 fully saturated rings. The summed E-state index contributed by atoms with van der Waals surface area (Å²) in [5.41, 5.74) is 6.87. The van der Waals surface area contributed by atoms with Crippen LogP contribution < -0.4 is 16.4 Å². The van der Waals surface area contributed by atoms with Crippen molar-refractivity contribution in [3.8, 4) is 0 Å². The predicted octanol–water partition coefficient (Wildman–Crippen LogP) is 3.05. The van der Waals surface area contributed by atoms with Crippen molar-refractivity contribution in [3.05, 3.63) is 60.0 Å². The summed E-state index contributed by atoms with van der Waals surface area (Å²) in [4.78, 5) is 25.8. The second-order valence-electron chi connectivity index (χ2n) is 4.90. The number of halogens is 1. The number of carbonyl (C=O) groups excluding carboxylic acids is 2. The molecule has 2 aromatic carbocycles. The molecule has 0 spiro atoms. The van der Waals surface area contributed by atoms with Crippen molar-refractivity contribution in [1.82, 2.24) is 4.98 Å². The predicted molar refractivity (Wildman–Crippen MR) is 85.9 cm³/mol. The van der Waals surface area contributed by atoms with Crippen molar-refractivity contribution >= 4 is 34.2 Å². The summed E-state index contributed by atoms with van der Waals surface area (Å²) >= 11 is 0. The van der Waals surface area contributed by atoms with Gasteiger partial charge in [-0.3, -0.25) is 4.79 Å². The molecule has 1 heterocycles. The van der Waals surface area contributed by atoms with Gasteiger partial charge in [0.2, 0.25) is 0 Å². The Kier molecular flexibility index (Phi) is 3.68. The number of urea groups is 1. The van der Waals surface area contributed by atoms with Gasteiger partial charge in [-0.2, -0.15) is 0 Å². The molecule has 7 heteroatoms. The van der Waals surface area contributed by atoms with Gasteiger partial charge in [0.15, 0.2) is 0 Å². The molecule has 0 aliphatic heterocycles.